The minimum atomic E-state index is -0.478. The number of aromatic nitrogens is 2. The van der Waals surface area contributed by atoms with E-state index in [1.165, 1.54) is 10.4 Å². The van der Waals surface area contributed by atoms with Gasteiger partial charge in [0.2, 0.25) is 0 Å². The molecule has 0 fully saturated rings. The molecule has 0 saturated carbocycles. The van der Waals surface area contributed by atoms with E-state index in [0.717, 1.165) is 21.6 Å². The van der Waals surface area contributed by atoms with Crippen LogP contribution in [-0.2, 0) is 5.75 Å². The number of nitrogens with two attached hydrogens (primary N) is 1. The number of benzene rings is 1. The normalized spacial score (nSPS) is 12.7. The highest BCUT2D eigenvalue weighted by Crippen LogP contribution is 2.32. The molecular weight excluding hydrogens is 326 g/mol. The molecule has 0 saturated heterocycles. The van der Waals surface area contributed by atoms with Crippen LogP contribution in [0.3, 0.4) is 0 Å². The SMILES string of the molecule is Cc1sc2nc(CSCC(O)c3ccccc3)nc(N)c2c1C. The molecule has 4 nitrogen and oxygen atoms in total. The molecular formula is C17H19N3OS2. The van der Waals surface area contributed by atoms with Gasteiger partial charge >= 0.3 is 0 Å². The highest BCUT2D eigenvalue weighted by atomic mass is 32.2. The minimum absolute atomic E-state index is 0.478. The number of fused-ring (bicyclic) bond motifs is 1. The fraction of sp³-hybridized carbons (Fsp3) is 0.294. The summed E-state index contributed by atoms with van der Waals surface area (Å²) in [5.41, 5.74) is 8.19. The largest absolute Gasteiger partial charge is 0.388 e. The zero-order valence-corrected chi connectivity index (χ0v) is 14.7. The molecule has 1 unspecified atom stereocenters. The predicted molar refractivity (Wildman–Crippen MR) is 98.9 cm³/mol. The zero-order chi connectivity index (χ0) is 16.4. The second-order valence-corrected chi connectivity index (χ2v) is 7.66. The van der Waals surface area contributed by atoms with E-state index in [1.807, 2.05) is 30.3 Å². The van der Waals surface area contributed by atoms with E-state index >= 15 is 0 Å². The van der Waals surface area contributed by atoms with Crippen molar-refractivity contribution in [3.05, 3.63) is 52.2 Å². The molecule has 23 heavy (non-hydrogen) atoms. The van der Waals surface area contributed by atoms with Gasteiger partial charge in [-0.1, -0.05) is 30.3 Å². The monoisotopic (exact) mass is 345 g/mol. The number of thiophene rings is 1. The fourth-order valence-corrected chi connectivity index (χ4v) is 4.33. The molecule has 0 aliphatic rings. The van der Waals surface area contributed by atoms with Crippen LogP contribution in [0, 0.1) is 13.8 Å². The van der Waals surface area contributed by atoms with E-state index in [0.29, 0.717) is 17.3 Å². The van der Waals surface area contributed by atoms with Crippen molar-refractivity contribution in [2.24, 2.45) is 0 Å². The minimum Gasteiger partial charge on any atom is -0.388 e. The Labute approximate surface area is 143 Å². The lowest BCUT2D eigenvalue weighted by molar-refractivity contribution is 0.204. The van der Waals surface area contributed by atoms with E-state index in [9.17, 15) is 5.11 Å². The van der Waals surface area contributed by atoms with Crippen LogP contribution in [0.1, 0.15) is 27.9 Å². The summed E-state index contributed by atoms with van der Waals surface area (Å²) in [5, 5.41) is 11.2. The Morgan fingerprint density at radius 1 is 1.22 bits per heavy atom. The Bertz CT molecular complexity index is 818. The first-order valence-corrected chi connectivity index (χ1v) is 9.36. The summed E-state index contributed by atoms with van der Waals surface area (Å²) < 4.78 is 0. The summed E-state index contributed by atoms with van der Waals surface area (Å²) in [6, 6.07) is 9.68. The van der Waals surface area contributed by atoms with E-state index in [4.69, 9.17) is 5.73 Å². The van der Waals surface area contributed by atoms with Crippen LogP contribution < -0.4 is 5.73 Å². The van der Waals surface area contributed by atoms with Crippen LogP contribution in [-0.4, -0.2) is 20.8 Å². The van der Waals surface area contributed by atoms with Crippen molar-refractivity contribution in [2.45, 2.75) is 25.7 Å². The maximum Gasteiger partial charge on any atom is 0.142 e. The van der Waals surface area contributed by atoms with Crippen LogP contribution in [0.25, 0.3) is 10.2 Å². The van der Waals surface area contributed by atoms with Gasteiger partial charge in [0.15, 0.2) is 0 Å². The number of nitrogen functional groups attached to an aromatic ring is 1. The number of thioether (sulfide) groups is 1. The van der Waals surface area contributed by atoms with Gasteiger partial charge in [0.05, 0.1) is 17.2 Å². The van der Waals surface area contributed by atoms with Crippen molar-refractivity contribution in [3.8, 4) is 0 Å². The molecule has 6 heteroatoms. The summed E-state index contributed by atoms with van der Waals surface area (Å²) in [4.78, 5) is 11.2. The van der Waals surface area contributed by atoms with Crippen LogP contribution in [0.15, 0.2) is 30.3 Å². The van der Waals surface area contributed by atoms with Gasteiger partial charge in [-0.3, -0.25) is 0 Å². The van der Waals surface area contributed by atoms with Crippen LogP contribution >= 0.6 is 23.1 Å². The number of hydrogen-bond donors (Lipinski definition) is 2. The summed E-state index contributed by atoms with van der Waals surface area (Å²) >= 11 is 3.27. The average molecular weight is 345 g/mol. The Morgan fingerprint density at radius 3 is 2.70 bits per heavy atom. The van der Waals surface area contributed by atoms with E-state index in [1.54, 1.807) is 23.1 Å². The molecule has 3 rings (SSSR count). The molecule has 3 N–H and O–H groups in total. The van der Waals surface area contributed by atoms with Crippen molar-refractivity contribution in [1.29, 1.82) is 0 Å². The van der Waals surface area contributed by atoms with Crippen molar-refractivity contribution >= 4 is 39.1 Å². The highest BCUT2D eigenvalue weighted by molar-refractivity contribution is 7.98. The number of aryl methyl sites for hydroxylation is 2. The Hall–Kier alpha value is -1.63. The third kappa shape index (κ3) is 3.49. The predicted octanol–water partition coefficient (Wildman–Crippen LogP) is 3.86. The number of hydrogen-bond acceptors (Lipinski definition) is 6. The van der Waals surface area contributed by atoms with Gasteiger partial charge < -0.3 is 10.8 Å². The van der Waals surface area contributed by atoms with Gasteiger partial charge in [-0.25, -0.2) is 9.97 Å². The van der Waals surface area contributed by atoms with Crippen LogP contribution in [0.5, 0.6) is 0 Å². The molecule has 0 amide bonds. The Kier molecular flexibility index (Phi) is 4.84. The van der Waals surface area contributed by atoms with Crippen molar-refractivity contribution < 1.29 is 5.11 Å². The van der Waals surface area contributed by atoms with Gasteiger partial charge in [-0.15, -0.1) is 11.3 Å². The van der Waals surface area contributed by atoms with E-state index in [2.05, 4.69) is 23.8 Å². The summed E-state index contributed by atoms with van der Waals surface area (Å²) in [7, 11) is 0. The first-order chi connectivity index (χ1) is 11.1. The third-order valence-electron chi connectivity index (χ3n) is 3.79. The highest BCUT2D eigenvalue weighted by Gasteiger charge is 2.13. The maximum atomic E-state index is 10.2. The van der Waals surface area contributed by atoms with Gasteiger partial charge in [0.1, 0.15) is 16.5 Å². The first kappa shape index (κ1) is 16.2. The molecule has 1 aromatic carbocycles. The van der Waals surface area contributed by atoms with Gasteiger partial charge in [0, 0.05) is 10.6 Å². The Balaban J connectivity index is 1.68. The van der Waals surface area contributed by atoms with Crippen LogP contribution in [0.2, 0.25) is 0 Å². The standard InChI is InChI=1S/C17H19N3OS2/c1-10-11(2)23-17-15(10)16(18)19-14(20-17)9-22-8-13(21)12-6-4-3-5-7-12/h3-7,13,21H,8-9H2,1-2H3,(H2,18,19,20). The number of nitrogens with zero attached hydrogens (tertiary/aromatic N) is 2. The fourth-order valence-electron chi connectivity index (χ4n) is 2.42. The molecule has 1 atom stereocenters. The number of aliphatic hydroxyl groups is 1. The molecule has 0 aliphatic heterocycles. The number of rotatable bonds is 5. The van der Waals surface area contributed by atoms with Crippen molar-refractivity contribution in [2.75, 3.05) is 11.5 Å². The van der Waals surface area contributed by atoms with Crippen LogP contribution in [0.4, 0.5) is 5.82 Å². The summed E-state index contributed by atoms with van der Waals surface area (Å²) in [6.45, 7) is 4.13. The van der Waals surface area contributed by atoms with E-state index < -0.39 is 6.10 Å². The van der Waals surface area contributed by atoms with Crippen molar-refractivity contribution in [1.82, 2.24) is 9.97 Å². The Morgan fingerprint density at radius 2 is 1.96 bits per heavy atom. The number of anilines is 1. The molecule has 0 bridgehead atoms. The van der Waals surface area contributed by atoms with Gasteiger partial charge in [-0.2, -0.15) is 11.8 Å². The number of aliphatic hydroxyl groups excluding tert-OH is 1. The lowest BCUT2D eigenvalue weighted by atomic mass is 10.1. The maximum absolute atomic E-state index is 10.2. The average Bonchev–Trinajstić information content (AvgIpc) is 2.83. The lowest BCUT2D eigenvalue weighted by Crippen LogP contribution is -2.03. The summed E-state index contributed by atoms with van der Waals surface area (Å²) in [6.07, 6.45) is -0.478. The molecule has 2 aromatic heterocycles. The smallest absolute Gasteiger partial charge is 0.142 e. The third-order valence-corrected chi connectivity index (χ3v) is 5.91. The zero-order valence-electron chi connectivity index (χ0n) is 13.1. The van der Waals surface area contributed by atoms with Gasteiger partial charge in [0.25, 0.3) is 0 Å². The molecule has 2 heterocycles. The van der Waals surface area contributed by atoms with Crippen molar-refractivity contribution in [3.63, 3.8) is 0 Å². The van der Waals surface area contributed by atoms with Gasteiger partial charge in [-0.05, 0) is 25.0 Å². The van der Waals surface area contributed by atoms with E-state index in [-0.39, 0.29) is 0 Å². The molecule has 120 valence electrons. The topological polar surface area (TPSA) is 72.0 Å². The quantitative estimate of drug-likeness (QED) is 0.735. The lowest BCUT2D eigenvalue weighted by Gasteiger charge is -2.10. The summed E-state index contributed by atoms with van der Waals surface area (Å²) in [5.74, 6) is 2.52. The molecule has 0 spiro atoms. The molecule has 3 aromatic rings. The second kappa shape index (κ2) is 6.86. The second-order valence-electron chi connectivity index (χ2n) is 5.43. The molecule has 0 aliphatic carbocycles. The molecule has 0 radical (unpaired) electrons. The first-order valence-electron chi connectivity index (χ1n) is 7.39.